The summed E-state index contributed by atoms with van der Waals surface area (Å²) in [5.41, 5.74) is 2.47. The molecule has 0 spiro atoms. The van der Waals surface area contributed by atoms with Crippen LogP contribution in [0.3, 0.4) is 0 Å². The van der Waals surface area contributed by atoms with Crippen molar-refractivity contribution in [3.8, 4) is 11.5 Å². The molecule has 1 aliphatic rings. The highest BCUT2D eigenvalue weighted by molar-refractivity contribution is 7.89. The zero-order chi connectivity index (χ0) is 21.2. The Hall–Kier alpha value is -2.58. The Morgan fingerprint density at radius 2 is 2.00 bits per heavy atom. The Balaban J connectivity index is 1.94. The number of anilines is 1. The lowest BCUT2D eigenvalue weighted by molar-refractivity contribution is 0.102. The molecule has 2 aromatic rings. The van der Waals surface area contributed by atoms with E-state index < -0.39 is 15.9 Å². The molecule has 0 aromatic heterocycles. The molecule has 8 heteroatoms. The van der Waals surface area contributed by atoms with Gasteiger partial charge in [0.2, 0.25) is 10.0 Å². The van der Waals surface area contributed by atoms with Crippen LogP contribution in [0.1, 0.15) is 42.3 Å². The third kappa shape index (κ3) is 4.54. The fourth-order valence-electron chi connectivity index (χ4n) is 3.29. The zero-order valence-corrected chi connectivity index (χ0v) is 17.9. The number of carbonyl (C=O) groups is 1. The molecular formula is C21H26N2O5S. The molecule has 7 nitrogen and oxygen atoms in total. The van der Waals surface area contributed by atoms with E-state index in [4.69, 9.17) is 9.47 Å². The first-order valence-electron chi connectivity index (χ1n) is 9.63. The minimum atomic E-state index is -3.66. The second-order valence-corrected chi connectivity index (χ2v) is 8.72. The number of sulfonamides is 1. The molecule has 0 aliphatic carbocycles. The van der Waals surface area contributed by atoms with Crippen LogP contribution in [0.25, 0.3) is 0 Å². The van der Waals surface area contributed by atoms with Crippen molar-refractivity contribution >= 4 is 21.6 Å². The normalized spacial score (nSPS) is 15.5. The van der Waals surface area contributed by atoms with Gasteiger partial charge in [-0.3, -0.25) is 4.79 Å². The molecule has 3 rings (SSSR count). The SMILES string of the molecule is CCNS(=O)(=O)c1ccc(C)c(C(=O)Nc2cc3c(cc2OCC)CC(C)O3)c1. The van der Waals surface area contributed by atoms with Gasteiger partial charge in [-0.05, 0) is 44.5 Å². The van der Waals surface area contributed by atoms with Crippen molar-refractivity contribution in [2.45, 2.75) is 45.1 Å². The van der Waals surface area contributed by atoms with Gasteiger partial charge in [-0.15, -0.1) is 0 Å². The first-order valence-corrected chi connectivity index (χ1v) is 11.1. The summed E-state index contributed by atoms with van der Waals surface area (Å²) in [7, 11) is -3.66. The number of fused-ring (bicyclic) bond motifs is 1. The highest BCUT2D eigenvalue weighted by Crippen LogP contribution is 2.38. The third-order valence-corrected chi connectivity index (χ3v) is 6.19. The topological polar surface area (TPSA) is 93.7 Å². The van der Waals surface area contributed by atoms with Crippen LogP contribution in [-0.4, -0.2) is 33.6 Å². The van der Waals surface area contributed by atoms with E-state index in [0.717, 1.165) is 17.7 Å². The number of hydrogen-bond donors (Lipinski definition) is 2. The summed E-state index contributed by atoms with van der Waals surface area (Å²) in [5.74, 6) is 0.867. The van der Waals surface area contributed by atoms with Crippen molar-refractivity contribution in [3.63, 3.8) is 0 Å². The number of ether oxygens (including phenoxy) is 2. The molecule has 0 radical (unpaired) electrons. The number of carbonyl (C=O) groups excluding carboxylic acids is 1. The summed E-state index contributed by atoms with van der Waals surface area (Å²) >= 11 is 0. The zero-order valence-electron chi connectivity index (χ0n) is 17.0. The fraction of sp³-hybridized carbons (Fsp3) is 0.381. The van der Waals surface area contributed by atoms with Crippen LogP contribution in [-0.2, 0) is 16.4 Å². The van der Waals surface area contributed by atoms with Crippen LogP contribution in [0, 0.1) is 6.92 Å². The van der Waals surface area contributed by atoms with Gasteiger partial charge in [0.05, 0.1) is 17.2 Å². The lowest BCUT2D eigenvalue weighted by Gasteiger charge is -2.15. The summed E-state index contributed by atoms with van der Waals surface area (Å²) in [5, 5.41) is 2.85. The van der Waals surface area contributed by atoms with Crippen LogP contribution in [0.5, 0.6) is 11.5 Å². The van der Waals surface area contributed by atoms with Crippen LogP contribution >= 0.6 is 0 Å². The van der Waals surface area contributed by atoms with Crippen molar-refractivity contribution < 1.29 is 22.7 Å². The molecule has 1 aliphatic heterocycles. The summed E-state index contributed by atoms with van der Waals surface area (Å²) < 4.78 is 38.5. The maximum absolute atomic E-state index is 13.0. The minimum Gasteiger partial charge on any atom is -0.492 e. The predicted molar refractivity (Wildman–Crippen MR) is 111 cm³/mol. The van der Waals surface area contributed by atoms with Crippen molar-refractivity contribution in [1.29, 1.82) is 0 Å². The average molecular weight is 419 g/mol. The van der Waals surface area contributed by atoms with Gasteiger partial charge in [0.25, 0.3) is 5.91 Å². The molecule has 0 bridgehead atoms. The first kappa shape index (κ1) is 21.1. The smallest absolute Gasteiger partial charge is 0.256 e. The third-order valence-electron chi connectivity index (χ3n) is 4.64. The molecule has 2 N–H and O–H groups in total. The molecule has 1 unspecified atom stereocenters. The largest absolute Gasteiger partial charge is 0.492 e. The Morgan fingerprint density at radius 3 is 2.69 bits per heavy atom. The molecule has 29 heavy (non-hydrogen) atoms. The van der Waals surface area contributed by atoms with E-state index in [9.17, 15) is 13.2 Å². The summed E-state index contributed by atoms with van der Waals surface area (Å²) in [4.78, 5) is 13.0. The number of benzene rings is 2. The van der Waals surface area contributed by atoms with Crippen molar-refractivity contribution in [2.24, 2.45) is 0 Å². The molecule has 1 heterocycles. The first-order chi connectivity index (χ1) is 13.7. The summed E-state index contributed by atoms with van der Waals surface area (Å²) in [6, 6.07) is 8.14. The molecular weight excluding hydrogens is 392 g/mol. The van der Waals surface area contributed by atoms with Crippen molar-refractivity contribution in [3.05, 3.63) is 47.0 Å². The number of aryl methyl sites for hydroxylation is 1. The molecule has 0 saturated carbocycles. The van der Waals surface area contributed by atoms with E-state index in [-0.39, 0.29) is 23.1 Å². The van der Waals surface area contributed by atoms with Gasteiger partial charge in [0.1, 0.15) is 17.6 Å². The van der Waals surface area contributed by atoms with Crippen molar-refractivity contribution in [2.75, 3.05) is 18.5 Å². The average Bonchev–Trinajstić information content (AvgIpc) is 3.01. The Bertz CT molecular complexity index is 1030. The Labute approximate surface area is 171 Å². The van der Waals surface area contributed by atoms with Gasteiger partial charge in [-0.25, -0.2) is 13.1 Å². The molecule has 156 valence electrons. The van der Waals surface area contributed by atoms with Crippen molar-refractivity contribution in [1.82, 2.24) is 4.72 Å². The van der Waals surface area contributed by atoms with Crippen LogP contribution < -0.4 is 19.5 Å². The van der Waals surface area contributed by atoms with Gasteiger partial charge < -0.3 is 14.8 Å². The van der Waals surface area contributed by atoms with Gasteiger partial charge in [0, 0.05) is 30.2 Å². The maximum atomic E-state index is 13.0. The van der Waals surface area contributed by atoms with E-state index in [0.29, 0.717) is 23.6 Å². The highest BCUT2D eigenvalue weighted by Gasteiger charge is 2.24. The summed E-state index contributed by atoms with van der Waals surface area (Å²) in [6.45, 7) is 8.03. The van der Waals surface area contributed by atoms with Crippen LogP contribution in [0.4, 0.5) is 5.69 Å². The predicted octanol–water partition coefficient (Wildman–Crippen LogP) is 3.27. The number of rotatable bonds is 7. The van der Waals surface area contributed by atoms with E-state index in [2.05, 4.69) is 10.0 Å². The molecule has 0 fully saturated rings. The minimum absolute atomic E-state index is 0.0474. The van der Waals surface area contributed by atoms with Gasteiger partial charge >= 0.3 is 0 Å². The molecule has 2 aromatic carbocycles. The highest BCUT2D eigenvalue weighted by atomic mass is 32.2. The van der Waals surface area contributed by atoms with Crippen LogP contribution in [0.2, 0.25) is 0 Å². The second-order valence-electron chi connectivity index (χ2n) is 6.95. The molecule has 0 saturated heterocycles. The number of hydrogen-bond acceptors (Lipinski definition) is 5. The van der Waals surface area contributed by atoms with Crippen LogP contribution in [0.15, 0.2) is 35.2 Å². The van der Waals surface area contributed by atoms with E-state index in [1.54, 1.807) is 26.0 Å². The second kappa shape index (κ2) is 8.42. The summed E-state index contributed by atoms with van der Waals surface area (Å²) in [6.07, 6.45) is 0.855. The maximum Gasteiger partial charge on any atom is 0.256 e. The van der Waals surface area contributed by atoms with E-state index in [1.165, 1.54) is 12.1 Å². The molecule has 1 atom stereocenters. The standard InChI is InChI=1S/C21H26N2O5S/c1-5-22-29(25,26)16-8-7-13(3)17(11-16)21(24)23-18-12-19-15(9-14(4)28-19)10-20(18)27-6-2/h7-8,10-12,14,22H,5-6,9H2,1-4H3,(H,23,24). The Morgan fingerprint density at radius 1 is 1.24 bits per heavy atom. The number of nitrogens with one attached hydrogen (secondary N) is 2. The van der Waals surface area contributed by atoms with E-state index in [1.807, 2.05) is 19.9 Å². The Kier molecular flexibility index (Phi) is 6.14. The van der Waals surface area contributed by atoms with Gasteiger partial charge in [-0.1, -0.05) is 13.0 Å². The lowest BCUT2D eigenvalue weighted by atomic mass is 10.1. The lowest BCUT2D eigenvalue weighted by Crippen LogP contribution is -2.24. The fourth-order valence-corrected chi connectivity index (χ4v) is 4.35. The molecule has 1 amide bonds. The number of amides is 1. The van der Waals surface area contributed by atoms with Gasteiger partial charge in [-0.2, -0.15) is 0 Å². The quantitative estimate of drug-likeness (QED) is 0.720. The van der Waals surface area contributed by atoms with E-state index >= 15 is 0 Å². The van der Waals surface area contributed by atoms with Gasteiger partial charge in [0.15, 0.2) is 0 Å². The monoisotopic (exact) mass is 418 g/mol.